The fraction of sp³-hybridized carbons (Fsp3) is 0.200. The SMILES string of the molecule is Cc1ccc(N2CC2c2ccc(F)cc2)cc1. The highest BCUT2D eigenvalue weighted by Crippen LogP contribution is 2.39. The Morgan fingerprint density at radius 3 is 2.29 bits per heavy atom. The Bertz CT molecular complexity index is 466. The molecule has 1 saturated heterocycles. The molecule has 0 aromatic heterocycles. The molecule has 1 heterocycles. The minimum absolute atomic E-state index is 0.170. The lowest BCUT2D eigenvalue weighted by atomic mass is 10.1. The van der Waals surface area contributed by atoms with Crippen LogP contribution in [0.5, 0.6) is 0 Å². The van der Waals surface area contributed by atoms with E-state index in [-0.39, 0.29) is 5.82 Å². The van der Waals surface area contributed by atoms with Crippen LogP contribution in [0.15, 0.2) is 48.5 Å². The molecule has 3 rings (SSSR count). The summed E-state index contributed by atoms with van der Waals surface area (Å²) in [5.74, 6) is -0.170. The first-order chi connectivity index (χ1) is 8.24. The summed E-state index contributed by atoms with van der Waals surface area (Å²) in [7, 11) is 0. The van der Waals surface area contributed by atoms with Crippen LogP contribution >= 0.6 is 0 Å². The molecular weight excluding hydrogens is 213 g/mol. The van der Waals surface area contributed by atoms with E-state index in [1.54, 1.807) is 0 Å². The summed E-state index contributed by atoms with van der Waals surface area (Å²) < 4.78 is 12.8. The van der Waals surface area contributed by atoms with Gasteiger partial charge in [0.05, 0.1) is 6.04 Å². The molecule has 0 bridgehead atoms. The molecule has 0 radical (unpaired) electrons. The zero-order chi connectivity index (χ0) is 11.8. The Balaban J connectivity index is 1.78. The lowest BCUT2D eigenvalue weighted by Gasteiger charge is -2.06. The second kappa shape index (κ2) is 3.88. The van der Waals surface area contributed by atoms with Crippen molar-refractivity contribution in [3.8, 4) is 0 Å². The van der Waals surface area contributed by atoms with Gasteiger partial charge in [0.1, 0.15) is 5.82 Å². The monoisotopic (exact) mass is 227 g/mol. The zero-order valence-electron chi connectivity index (χ0n) is 9.73. The Labute approximate surface area is 101 Å². The molecule has 1 unspecified atom stereocenters. The van der Waals surface area contributed by atoms with Gasteiger partial charge in [-0.05, 0) is 36.8 Å². The van der Waals surface area contributed by atoms with E-state index in [9.17, 15) is 4.39 Å². The smallest absolute Gasteiger partial charge is 0.123 e. The van der Waals surface area contributed by atoms with E-state index in [4.69, 9.17) is 0 Å². The van der Waals surface area contributed by atoms with Crippen molar-refractivity contribution in [3.63, 3.8) is 0 Å². The van der Waals surface area contributed by atoms with Crippen molar-refractivity contribution in [2.45, 2.75) is 13.0 Å². The molecule has 2 aromatic rings. The van der Waals surface area contributed by atoms with Crippen LogP contribution in [0.4, 0.5) is 10.1 Å². The van der Waals surface area contributed by atoms with Crippen molar-refractivity contribution in [3.05, 3.63) is 65.5 Å². The maximum Gasteiger partial charge on any atom is 0.123 e. The molecule has 1 aliphatic rings. The van der Waals surface area contributed by atoms with E-state index in [2.05, 4.69) is 36.1 Å². The number of aryl methyl sites for hydroxylation is 1. The quantitative estimate of drug-likeness (QED) is 0.707. The highest BCUT2D eigenvalue weighted by atomic mass is 19.1. The van der Waals surface area contributed by atoms with Crippen LogP contribution in [0.25, 0.3) is 0 Å². The first kappa shape index (κ1) is 10.3. The van der Waals surface area contributed by atoms with Crippen molar-refractivity contribution in [2.75, 3.05) is 11.4 Å². The second-order valence-corrected chi connectivity index (χ2v) is 4.56. The maximum atomic E-state index is 12.8. The minimum Gasteiger partial charge on any atom is -0.360 e. The average Bonchev–Trinajstić information content (AvgIpc) is 3.11. The van der Waals surface area contributed by atoms with Crippen LogP contribution in [-0.4, -0.2) is 6.54 Å². The molecule has 2 aromatic carbocycles. The van der Waals surface area contributed by atoms with Gasteiger partial charge >= 0.3 is 0 Å². The van der Waals surface area contributed by atoms with E-state index in [0.29, 0.717) is 6.04 Å². The Morgan fingerprint density at radius 2 is 1.65 bits per heavy atom. The summed E-state index contributed by atoms with van der Waals surface area (Å²) in [6.07, 6.45) is 0. The summed E-state index contributed by atoms with van der Waals surface area (Å²) >= 11 is 0. The highest BCUT2D eigenvalue weighted by molar-refractivity contribution is 5.56. The Kier molecular flexibility index (Phi) is 2.36. The summed E-state index contributed by atoms with van der Waals surface area (Å²) in [6, 6.07) is 15.7. The van der Waals surface area contributed by atoms with Crippen LogP contribution in [0, 0.1) is 12.7 Å². The van der Waals surface area contributed by atoms with Gasteiger partial charge in [0.15, 0.2) is 0 Å². The van der Waals surface area contributed by atoms with Gasteiger partial charge in [0, 0.05) is 12.2 Å². The molecule has 0 N–H and O–H groups in total. The van der Waals surface area contributed by atoms with Gasteiger partial charge in [-0.25, -0.2) is 4.39 Å². The first-order valence-electron chi connectivity index (χ1n) is 5.83. The third-order valence-corrected chi connectivity index (χ3v) is 3.23. The zero-order valence-corrected chi connectivity index (χ0v) is 9.73. The lowest BCUT2D eigenvalue weighted by molar-refractivity contribution is 0.627. The minimum atomic E-state index is -0.170. The summed E-state index contributed by atoms with van der Waals surface area (Å²) in [4.78, 5) is 2.31. The van der Waals surface area contributed by atoms with Gasteiger partial charge in [0.2, 0.25) is 0 Å². The van der Waals surface area contributed by atoms with Gasteiger partial charge in [-0.2, -0.15) is 0 Å². The number of nitrogens with zero attached hydrogens (tertiary/aromatic N) is 1. The number of benzene rings is 2. The van der Waals surface area contributed by atoms with Crippen LogP contribution in [-0.2, 0) is 0 Å². The predicted molar refractivity (Wildman–Crippen MR) is 67.7 cm³/mol. The van der Waals surface area contributed by atoms with E-state index in [1.165, 1.54) is 28.9 Å². The van der Waals surface area contributed by atoms with Gasteiger partial charge in [-0.1, -0.05) is 29.8 Å². The fourth-order valence-corrected chi connectivity index (χ4v) is 2.13. The molecule has 86 valence electrons. The second-order valence-electron chi connectivity index (χ2n) is 4.56. The molecule has 0 saturated carbocycles. The van der Waals surface area contributed by atoms with E-state index in [0.717, 1.165) is 6.54 Å². The van der Waals surface area contributed by atoms with Crippen LogP contribution < -0.4 is 4.90 Å². The standard InChI is InChI=1S/C15H14FN/c1-11-2-8-14(9-3-11)17-10-15(17)12-4-6-13(16)7-5-12/h2-9,15H,10H2,1H3. The molecule has 1 fully saturated rings. The van der Waals surface area contributed by atoms with Crippen molar-refractivity contribution in [2.24, 2.45) is 0 Å². The lowest BCUT2D eigenvalue weighted by Crippen LogP contribution is -1.94. The fourth-order valence-electron chi connectivity index (χ4n) is 2.13. The largest absolute Gasteiger partial charge is 0.360 e. The molecule has 2 heteroatoms. The normalized spacial score (nSPS) is 18.2. The van der Waals surface area contributed by atoms with Crippen molar-refractivity contribution in [1.29, 1.82) is 0 Å². The summed E-state index contributed by atoms with van der Waals surface area (Å²) in [5, 5.41) is 0. The third-order valence-electron chi connectivity index (χ3n) is 3.23. The van der Waals surface area contributed by atoms with E-state index in [1.807, 2.05) is 12.1 Å². The Morgan fingerprint density at radius 1 is 1.00 bits per heavy atom. The van der Waals surface area contributed by atoms with Crippen LogP contribution in [0.2, 0.25) is 0 Å². The van der Waals surface area contributed by atoms with Crippen molar-refractivity contribution in [1.82, 2.24) is 0 Å². The number of rotatable bonds is 2. The molecule has 0 spiro atoms. The number of hydrogen-bond acceptors (Lipinski definition) is 1. The highest BCUT2D eigenvalue weighted by Gasteiger charge is 2.35. The van der Waals surface area contributed by atoms with Crippen LogP contribution in [0.3, 0.4) is 0 Å². The molecule has 0 aliphatic carbocycles. The average molecular weight is 227 g/mol. The predicted octanol–water partition coefficient (Wildman–Crippen LogP) is 3.70. The summed E-state index contributed by atoms with van der Waals surface area (Å²) in [6.45, 7) is 3.11. The number of halogens is 1. The maximum absolute atomic E-state index is 12.8. The van der Waals surface area contributed by atoms with Crippen molar-refractivity contribution < 1.29 is 4.39 Å². The molecular formula is C15H14FN. The van der Waals surface area contributed by atoms with Gasteiger partial charge in [-0.3, -0.25) is 0 Å². The van der Waals surface area contributed by atoms with Gasteiger partial charge in [-0.15, -0.1) is 0 Å². The number of anilines is 1. The van der Waals surface area contributed by atoms with E-state index < -0.39 is 0 Å². The molecule has 17 heavy (non-hydrogen) atoms. The molecule has 1 atom stereocenters. The van der Waals surface area contributed by atoms with E-state index >= 15 is 0 Å². The number of hydrogen-bond donors (Lipinski definition) is 0. The first-order valence-corrected chi connectivity index (χ1v) is 5.83. The van der Waals surface area contributed by atoms with Gasteiger partial charge < -0.3 is 4.90 Å². The Hall–Kier alpha value is -1.83. The van der Waals surface area contributed by atoms with Gasteiger partial charge in [0.25, 0.3) is 0 Å². The molecule has 1 aliphatic heterocycles. The van der Waals surface area contributed by atoms with Crippen LogP contribution in [0.1, 0.15) is 17.2 Å². The van der Waals surface area contributed by atoms with Crippen molar-refractivity contribution >= 4 is 5.69 Å². The summed E-state index contributed by atoms with van der Waals surface area (Å²) in [5.41, 5.74) is 3.70. The molecule has 1 nitrogen and oxygen atoms in total. The third kappa shape index (κ3) is 2.03. The topological polar surface area (TPSA) is 3.01 Å². The molecule has 0 amide bonds.